The van der Waals surface area contributed by atoms with E-state index < -0.39 is 76.2 Å². The van der Waals surface area contributed by atoms with Crippen LogP contribution in [0.2, 0.25) is 5.02 Å². The Kier molecular flexibility index (Phi) is 16.8. The number of carbonyl (C=O) groups is 5. The van der Waals surface area contributed by atoms with Crippen molar-refractivity contribution in [3.63, 3.8) is 0 Å². The molecule has 13 nitrogen and oxygen atoms in total. The molecule has 0 bridgehead atoms. The summed E-state index contributed by atoms with van der Waals surface area (Å²) >= 11 is 13.1. The van der Waals surface area contributed by atoms with Gasteiger partial charge < -0.3 is 40.4 Å². The quantitative estimate of drug-likeness (QED) is 0.125. The van der Waals surface area contributed by atoms with Gasteiger partial charge in [0.25, 0.3) is 0 Å². The summed E-state index contributed by atoms with van der Waals surface area (Å²) < 4.78 is 22.4. The number of hydrogen-bond donors (Lipinski definition) is 4. The molecule has 0 saturated carbocycles. The lowest BCUT2D eigenvalue weighted by molar-refractivity contribution is -0.180. The third-order valence-corrected chi connectivity index (χ3v) is 10.4. The molecule has 0 saturated heterocycles. The predicted molar refractivity (Wildman–Crippen MR) is 212 cm³/mol. The summed E-state index contributed by atoms with van der Waals surface area (Å²) in [5.74, 6) is -3.45. The van der Waals surface area contributed by atoms with Gasteiger partial charge >= 0.3 is 17.9 Å². The van der Waals surface area contributed by atoms with Crippen LogP contribution in [-0.2, 0) is 39.9 Å². The van der Waals surface area contributed by atoms with Crippen LogP contribution in [0.25, 0.3) is 0 Å². The zero-order valence-corrected chi connectivity index (χ0v) is 34.7. The number of nitrogens with two attached hydrogens (primary N) is 1. The van der Waals surface area contributed by atoms with Crippen LogP contribution in [0.3, 0.4) is 0 Å². The zero-order chi connectivity index (χ0) is 42.0. The second-order valence-corrected chi connectivity index (χ2v) is 16.6. The van der Waals surface area contributed by atoms with Crippen LogP contribution in [-0.4, -0.2) is 79.4 Å². The zero-order valence-electron chi connectivity index (χ0n) is 33.2. The summed E-state index contributed by atoms with van der Waals surface area (Å²) in [6, 6.07) is 10.2. The van der Waals surface area contributed by atoms with E-state index in [1.54, 1.807) is 77.1 Å². The van der Waals surface area contributed by atoms with Gasteiger partial charge in [0.2, 0.25) is 11.8 Å². The molecule has 56 heavy (non-hydrogen) atoms. The minimum Gasteiger partial charge on any atom is -0.495 e. The molecule has 2 aromatic carbocycles. The molecular weight excluding hydrogens is 765 g/mol. The van der Waals surface area contributed by atoms with Gasteiger partial charge in [0, 0.05) is 31.8 Å². The average molecular weight is 821 g/mol. The highest BCUT2D eigenvalue weighted by Crippen LogP contribution is 2.34. The largest absolute Gasteiger partial charge is 0.495 e. The molecule has 2 amide bonds. The van der Waals surface area contributed by atoms with E-state index >= 15 is 0 Å². The number of benzene rings is 2. The standard InChI is InChI=1S/C41H55Cl2N3O10/c1-23(2)18-32-37(50)55-30(24(3)35(48)34(43)26-13-15-27(16-14-26)54-38(51)40(4,5)21-44)10-9-11-33(47)46-29(20-25-12-17-31(53-8)28(42)19-25)36(49)45-22-41(6,7)39(52)56-32/h9,11-17,19,23-24,29-30,32,34-35,48H,10,18,20-22,44H2,1-8H3,(H,45,49)(H,46,47)/b11-9+/t24-,29+,30-,32-,34-,35+/m0/s1. The van der Waals surface area contributed by atoms with E-state index in [2.05, 4.69) is 10.6 Å². The van der Waals surface area contributed by atoms with Gasteiger partial charge in [0.05, 0.1) is 34.4 Å². The van der Waals surface area contributed by atoms with Gasteiger partial charge in [-0.1, -0.05) is 56.6 Å². The van der Waals surface area contributed by atoms with Crippen molar-refractivity contribution in [2.45, 2.75) is 97.5 Å². The van der Waals surface area contributed by atoms with Crippen molar-refractivity contribution in [3.8, 4) is 11.5 Å². The second-order valence-electron chi connectivity index (χ2n) is 15.8. The molecule has 308 valence electrons. The molecule has 0 spiro atoms. The first-order valence-electron chi connectivity index (χ1n) is 18.5. The minimum atomic E-state index is -1.30. The summed E-state index contributed by atoms with van der Waals surface area (Å²) in [6.45, 7) is 11.8. The number of methoxy groups -OCH3 is 1. The number of ether oxygens (including phenoxy) is 4. The Morgan fingerprint density at radius 2 is 1.73 bits per heavy atom. The van der Waals surface area contributed by atoms with E-state index in [1.165, 1.54) is 19.3 Å². The Hall–Kier alpha value is -4.17. The highest BCUT2D eigenvalue weighted by atomic mass is 35.5. The van der Waals surface area contributed by atoms with Gasteiger partial charge in [-0.3, -0.25) is 19.2 Å². The number of nitrogens with one attached hydrogen (secondary N) is 2. The van der Waals surface area contributed by atoms with E-state index in [4.69, 9.17) is 47.9 Å². The van der Waals surface area contributed by atoms with E-state index in [-0.39, 0.29) is 44.0 Å². The van der Waals surface area contributed by atoms with E-state index in [0.717, 1.165) is 0 Å². The van der Waals surface area contributed by atoms with E-state index in [1.807, 2.05) is 13.8 Å². The summed E-state index contributed by atoms with van der Waals surface area (Å²) in [6.07, 6.45) is -0.812. The smallest absolute Gasteiger partial charge is 0.347 e. The molecule has 0 fully saturated rings. The normalized spacial score (nSPS) is 22.1. The minimum absolute atomic E-state index is 0.0500. The first kappa shape index (κ1) is 46.2. The van der Waals surface area contributed by atoms with Gasteiger partial charge in [-0.15, -0.1) is 11.6 Å². The number of esters is 3. The molecule has 6 atom stereocenters. The fourth-order valence-corrected chi connectivity index (χ4v) is 6.21. The molecule has 0 unspecified atom stereocenters. The molecule has 2 aromatic rings. The van der Waals surface area contributed by atoms with Crippen molar-refractivity contribution >= 4 is 52.9 Å². The maximum absolute atomic E-state index is 13.7. The van der Waals surface area contributed by atoms with Crippen molar-refractivity contribution in [2.75, 3.05) is 20.2 Å². The molecule has 15 heteroatoms. The molecule has 1 aliphatic heterocycles. The molecule has 1 heterocycles. The van der Waals surface area contributed by atoms with Gasteiger partial charge in [-0.2, -0.15) is 0 Å². The van der Waals surface area contributed by atoms with Crippen molar-refractivity contribution in [2.24, 2.45) is 28.4 Å². The monoisotopic (exact) mass is 819 g/mol. The Balaban J connectivity index is 1.93. The second kappa shape index (κ2) is 20.3. The lowest BCUT2D eigenvalue weighted by Crippen LogP contribution is -2.51. The van der Waals surface area contributed by atoms with E-state index in [0.29, 0.717) is 21.9 Å². The number of alkyl halides is 1. The van der Waals surface area contributed by atoms with Gasteiger partial charge in [0.15, 0.2) is 6.10 Å². The third kappa shape index (κ3) is 12.9. The number of hydrogen-bond acceptors (Lipinski definition) is 11. The van der Waals surface area contributed by atoms with Gasteiger partial charge in [-0.25, -0.2) is 4.79 Å². The summed E-state index contributed by atoms with van der Waals surface area (Å²) in [5.41, 5.74) is 4.65. The summed E-state index contributed by atoms with van der Waals surface area (Å²) in [4.78, 5) is 66.6. The SMILES string of the molecule is COc1ccc(C[C@H]2NC(=O)/C=C/C[C@@H]([C@H](C)[C@@H](O)[C@@H](Cl)c3ccc(OC(=O)C(C)(C)CN)cc3)OC(=O)[C@H](CC(C)C)OC(=O)C(C)(C)CNC2=O)cc1Cl. The van der Waals surface area contributed by atoms with Crippen LogP contribution in [0.5, 0.6) is 11.5 Å². The number of aliphatic hydroxyl groups excluding tert-OH is 1. The first-order chi connectivity index (χ1) is 26.2. The maximum atomic E-state index is 13.7. The molecule has 3 rings (SSSR count). The lowest BCUT2D eigenvalue weighted by atomic mass is 9.90. The number of aliphatic hydroxyl groups is 1. The molecule has 1 aliphatic rings. The topological polar surface area (TPSA) is 193 Å². The summed E-state index contributed by atoms with van der Waals surface area (Å²) in [5, 5.41) is 16.3. The van der Waals surface area contributed by atoms with Crippen molar-refractivity contribution < 1.29 is 48.0 Å². The Morgan fingerprint density at radius 1 is 1.07 bits per heavy atom. The van der Waals surface area contributed by atoms with Crippen LogP contribution in [0.4, 0.5) is 0 Å². The van der Waals surface area contributed by atoms with Crippen molar-refractivity contribution in [3.05, 3.63) is 70.8 Å². The molecule has 0 aromatic heterocycles. The number of carbonyl (C=O) groups excluding carboxylic acids is 5. The van der Waals surface area contributed by atoms with Crippen molar-refractivity contribution in [1.29, 1.82) is 0 Å². The fourth-order valence-electron chi connectivity index (χ4n) is 5.55. The van der Waals surface area contributed by atoms with E-state index in [9.17, 15) is 29.1 Å². The average Bonchev–Trinajstić information content (AvgIpc) is 3.14. The highest BCUT2D eigenvalue weighted by Gasteiger charge is 2.39. The number of rotatable bonds is 12. The van der Waals surface area contributed by atoms with Gasteiger partial charge in [0.1, 0.15) is 23.6 Å². The van der Waals surface area contributed by atoms with Crippen LogP contribution in [0.1, 0.15) is 77.8 Å². The first-order valence-corrected chi connectivity index (χ1v) is 19.3. The van der Waals surface area contributed by atoms with Crippen LogP contribution >= 0.6 is 23.2 Å². The molecular formula is C41H55Cl2N3O10. The van der Waals surface area contributed by atoms with Crippen LogP contribution in [0, 0.1) is 22.7 Å². The molecule has 0 aliphatic carbocycles. The fraction of sp³-hybridized carbons (Fsp3) is 0.537. The summed E-state index contributed by atoms with van der Waals surface area (Å²) in [7, 11) is 1.48. The predicted octanol–water partition coefficient (Wildman–Crippen LogP) is 5.22. The lowest BCUT2D eigenvalue weighted by Gasteiger charge is -2.32. The van der Waals surface area contributed by atoms with Crippen molar-refractivity contribution in [1.82, 2.24) is 10.6 Å². The Morgan fingerprint density at radius 3 is 2.32 bits per heavy atom. The molecule has 0 radical (unpaired) electrons. The maximum Gasteiger partial charge on any atom is 0.347 e. The Bertz CT molecular complexity index is 1730. The van der Waals surface area contributed by atoms with Crippen LogP contribution in [0.15, 0.2) is 54.6 Å². The molecule has 5 N–H and O–H groups in total. The highest BCUT2D eigenvalue weighted by molar-refractivity contribution is 6.32. The Labute approximate surface area is 338 Å². The third-order valence-electron chi connectivity index (χ3n) is 9.55. The van der Waals surface area contributed by atoms with Gasteiger partial charge in [-0.05, 0) is 81.5 Å². The number of cyclic esters (lactones) is 2. The number of halogens is 2. The number of amides is 2. The van der Waals surface area contributed by atoms with Crippen LogP contribution < -0.4 is 25.8 Å².